The zero-order chi connectivity index (χ0) is 16.6. The second kappa shape index (κ2) is 6.18. The van der Waals surface area contributed by atoms with Crippen LogP contribution in [0, 0.1) is 0 Å². The molecule has 3 aliphatic rings. The molecule has 3 heterocycles. The molecule has 0 saturated carbocycles. The Hall–Kier alpha value is -1.51. The third kappa shape index (κ3) is 3.54. The number of hydroxylamine groups is 3. The van der Waals surface area contributed by atoms with Crippen LogP contribution < -0.4 is 16.3 Å². The molecule has 0 unspecified atom stereocenters. The van der Waals surface area contributed by atoms with Gasteiger partial charge in [-0.3, -0.25) is 25.0 Å². The molecule has 13 heteroatoms. The fraction of sp³-hybridized carbons (Fsp3) is 0.800. The predicted octanol–water partition coefficient (Wildman–Crippen LogP) is -2.49. The van der Waals surface area contributed by atoms with Crippen LogP contribution >= 0.6 is 0 Å². The molecule has 2 atom stereocenters. The summed E-state index contributed by atoms with van der Waals surface area (Å²) in [6, 6.07) is -2.09. The number of rotatable bonds is 5. The molecule has 3 fully saturated rings. The fourth-order valence-electron chi connectivity index (χ4n) is 2.84. The number of carbonyl (C=O) groups is 2. The van der Waals surface area contributed by atoms with Crippen molar-refractivity contribution in [1.29, 1.82) is 0 Å². The Morgan fingerprint density at radius 2 is 2.00 bits per heavy atom. The summed E-state index contributed by atoms with van der Waals surface area (Å²) in [5.41, 5.74) is 8.01. The van der Waals surface area contributed by atoms with E-state index in [1.54, 1.807) is 0 Å². The summed E-state index contributed by atoms with van der Waals surface area (Å²) in [6.45, 7) is 1.20. The quantitative estimate of drug-likeness (QED) is 0.312. The molecule has 2 bridgehead atoms. The minimum atomic E-state index is -4.80. The zero-order valence-electron chi connectivity index (χ0n) is 12.0. The molecule has 3 amide bonds. The number of carbonyl (C=O) groups excluding carboxylic acids is 2. The Balaban J connectivity index is 1.60. The molecule has 0 radical (unpaired) electrons. The van der Waals surface area contributed by atoms with Crippen molar-refractivity contribution in [3.63, 3.8) is 0 Å². The number of urea groups is 1. The lowest BCUT2D eigenvalue weighted by Gasteiger charge is -2.29. The van der Waals surface area contributed by atoms with Gasteiger partial charge in [-0.15, -0.1) is 4.28 Å². The number of nitrogens with zero attached hydrogens (tertiary/aromatic N) is 2. The monoisotopic (exact) mass is 351 g/mol. The Kier molecular flexibility index (Phi) is 4.39. The minimum Gasteiger partial charge on any atom is -0.309 e. The van der Waals surface area contributed by atoms with Crippen molar-refractivity contribution in [3.05, 3.63) is 0 Å². The second-order valence-electron chi connectivity index (χ2n) is 5.48. The minimum absolute atomic E-state index is 0.138. The molecule has 3 aliphatic heterocycles. The van der Waals surface area contributed by atoms with Gasteiger partial charge in [0, 0.05) is 19.6 Å². The van der Waals surface area contributed by atoms with Gasteiger partial charge < -0.3 is 4.90 Å². The summed E-state index contributed by atoms with van der Waals surface area (Å²) >= 11 is 0. The average molecular weight is 351 g/mol. The van der Waals surface area contributed by atoms with Crippen LogP contribution in [0.1, 0.15) is 12.8 Å². The lowest BCUT2D eigenvalue weighted by molar-refractivity contribution is -0.142. The highest BCUT2D eigenvalue weighted by atomic mass is 32.3. The molecule has 0 spiro atoms. The highest BCUT2D eigenvalue weighted by molar-refractivity contribution is 7.80. The summed E-state index contributed by atoms with van der Waals surface area (Å²) in [5, 5.41) is 0.592. The highest BCUT2D eigenvalue weighted by Crippen LogP contribution is 2.30. The van der Waals surface area contributed by atoms with E-state index < -0.39 is 34.4 Å². The number of amides is 3. The third-order valence-electron chi connectivity index (χ3n) is 3.91. The van der Waals surface area contributed by atoms with Crippen LogP contribution in [0.25, 0.3) is 0 Å². The van der Waals surface area contributed by atoms with E-state index in [1.165, 1.54) is 4.90 Å². The smallest absolute Gasteiger partial charge is 0.309 e. The van der Waals surface area contributed by atoms with Crippen LogP contribution in [0.2, 0.25) is 0 Å². The van der Waals surface area contributed by atoms with E-state index in [0.717, 1.165) is 0 Å². The van der Waals surface area contributed by atoms with Gasteiger partial charge in [-0.1, -0.05) is 0 Å². The maximum atomic E-state index is 12.2. The van der Waals surface area contributed by atoms with E-state index in [0.29, 0.717) is 31.0 Å². The predicted molar refractivity (Wildman–Crippen MR) is 72.4 cm³/mol. The van der Waals surface area contributed by atoms with Gasteiger partial charge in [-0.25, -0.2) is 10.3 Å². The molecular weight excluding hydrogens is 334 g/mol. The Morgan fingerprint density at radius 3 is 2.65 bits per heavy atom. The van der Waals surface area contributed by atoms with E-state index in [9.17, 15) is 18.0 Å². The van der Waals surface area contributed by atoms with Gasteiger partial charge in [0.15, 0.2) is 0 Å². The number of hydrazine groups is 1. The van der Waals surface area contributed by atoms with Gasteiger partial charge in [0.25, 0.3) is 5.91 Å². The number of hydrogen-bond donors (Lipinski definition) is 4. The van der Waals surface area contributed by atoms with E-state index in [2.05, 4.69) is 20.6 Å². The summed E-state index contributed by atoms with van der Waals surface area (Å²) in [5.74, 6) is -0.489. The number of nitrogens with one attached hydrogen (secondary N) is 3. The Bertz CT molecular complexity index is 592. The van der Waals surface area contributed by atoms with Crippen molar-refractivity contribution in [2.24, 2.45) is 0 Å². The molecule has 0 aliphatic carbocycles. The van der Waals surface area contributed by atoms with Crippen LogP contribution in [0.15, 0.2) is 0 Å². The van der Waals surface area contributed by atoms with Gasteiger partial charge in [0.1, 0.15) is 12.1 Å². The van der Waals surface area contributed by atoms with E-state index >= 15 is 0 Å². The van der Waals surface area contributed by atoms with Gasteiger partial charge in [-0.05, 0) is 12.8 Å². The number of hydrogen-bond acceptors (Lipinski definition) is 8. The molecule has 4 N–H and O–H groups in total. The third-order valence-corrected chi connectivity index (χ3v) is 4.26. The second-order valence-corrected chi connectivity index (χ2v) is 6.48. The highest BCUT2D eigenvalue weighted by Gasteiger charge is 2.49. The molecule has 12 nitrogen and oxygen atoms in total. The maximum Gasteiger partial charge on any atom is 0.418 e. The topological polar surface area (TPSA) is 150 Å². The van der Waals surface area contributed by atoms with Crippen LogP contribution in [0.5, 0.6) is 0 Å². The van der Waals surface area contributed by atoms with Crippen molar-refractivity contribution >= 4 is 22.3 Å². The van der Waals surface area contributed by atoms with E-state index in [4.69, 9.17) is 9.39 Å². The van der Waals surface area contributed by atoms with E-state index in [1.807, 2.05) is 0 Å². The summed E-state index contributed by atoms with van der Waals surface area (Å²) in [4.78, 5) is 30.8. The van der Waals surface area contributed by atoms with Crippen LogP contribution in [0.4, 0.5) is 4.79 Å². The number of piperidine rings is 1. The van der Waals surface area contributed by atoms with Gasteiger partial charge in [0.2, 0.25) is 0 Å². The maximum absolute atomic E-state index is 12.2. The van der Waals surface area contributed by atoms with Crippen molar-refractivity contribution in [2.75, 3.05) is 19.6 Å². The summed E-state index contributed by atoms with van der Waals surface area (Å²) < 4.78 is 34.6. The molecule has 23 heavy (non-hydrogen) atoms. The zero-order valence-corrected chi connectivity index (χ0v) is 12.8. The molecule has 0 aromatic heterocycles. The van der Waals surface area contributed by atoms with Crippen molar-refractivity contribution in [1.82, 2.24) is 26.3 Å². The van der Waals surface area contributed by atoms with Crippen LogP contribution in [0.3, 0.4) is 0 Å². The molecule has 0 aromatic rings. The van der Waals surface area contributed by atoms with Gasteiger partial charge in [-0.2, -0.15) is 13.5 Å². The first kappa shape index (κ1) is 16.4. The SMILES string of the molecule is O=C(NOC1CNNC1)[C@@H]1CC[C@@H]2CN1C(=O)N2OS(=O)(=O)O. The summed E-state index contributed by atoms with van der Waals surface area (Å²) in [6.07, 6.45) is 0.476. The largest absolute Gasteiger partial charge is 0.418 e. The fourth-order valence-corrected chi connectivity index (χ4v) is 3.23. The molecular formula is C10H17N5O7S. The van der Waals surface area contributed by atoms with Crippen molar-refractivity contribution in [2.45, 2.75) is 31.0 Å². The summed E-state index contributed by atoms with van der Waals surface area (Å²) in [7, 11) is -4.80. The van der Waals surface area contributed by atoms with Crippen LogP contribution in [-0.4, -0.2) is 72.7 Å². The number of fused-ring (bicyclic) bond motifs is 2. The lowest BCUT2D eigenvalue weighted by atomic mass is 10.0. The lowest BCUT2D eigenvalue weighted by Crippen LogP contribution is -2.50. The molecule has 0 aromatic carbocycles. The molecule has 3 rings (SSSR count). The van der Waals surface area contributed by atoms with Crippen molar-refractivity contribution < 1.29 is 31.7 Å². The van der Waals surface area contributed by atoms with E-state index in [-0.39, 0.29) is 12.6 Å². The average Bonchev–Trinajstić information content (AvgIpc) is 3.08. The Labute approximate surface area is 131 Å². The first-order valence-corrected chi connectivity index (χ1v) is 8.40. The van der Waals surface area contributed by atoms with Gasteiger partial charge >= 0.3 is 16.4 Å². The molecule has 130 valence electrons. The Morgan fingerprint density at radius 1 is 1.30 bits per heavy atom. The normalized spacial score (nSPS) is 28.5. The first-order valence-electron chi connectivity index (χ1n) is 7.03. The van der Waals surface area contributed by atoms with Crippen LogP contribution in [-0.2, 0) is 24.3 Å². The van der Waals surface area contributed by atoms with Gasteiger partial charge in [0.05, 0.1) is 6.04 Å². The van der Waals surface area contributed by atoms with Crippen molar-refractivity contribution in [3.8, 4) is 0 Å². The first-order chi connectivity index (χ1) is 10.8. The molecule has 3 saturated heterocycles. The standard InChI is InChI=1S/C10H17N5O7S/c16-9(13-21-7-3-11-12-4-7)8-2-1-6-5-14(8)10(17)15(6)22-23(18,19)20/h6-8,11-12H,1-5H2,(H,13,16)(H,18,19,20)/t6-,8+/m1/s1.